The van der Waals surface area contributed by atoms with Crippen molar-refractivity contribution in [1.82, 2.24) is 0 Å². The molecule has 0 radical (unpaired) electrons. The molecule has 0 heterocycles. The van der Waals surface area contributed by atoms with Crippen molar-refractivity contribution < 1.29 is 23.2 Å². The Morgan fingerprint density at radius 3 is 2.33 bits per heavy atom. The fourth-order valence-corrected chi connectivity index (χ4v) is 3.65. The number of sulfonamides is 1. The number of nitrogens with one attached hydrogen (secondary N) is 1. The molecule has 2 aromatic carbocycles. The number of carboxylic acid groups (broad SMARTS) is 1. The lowest BCUT2D eigenvalue weighted by atomic mass is 10.2. The van der Waals surface area contributed by atoms with Crippen LogP contribution >= 0.6 is 15.9 Å². The van der Waals surface area contributed by atoms with Crippen molar-refractivity contribution in [3.05, 3.63) is 62.1 Å². The van der Waals surface area contributed by atoms with Gasteiger partial charge in [0.15, 0.2) is 0 Å². The van der Waals surface area contributed by atoms with Gasteiger partial charge in [-0.25, -0.2) is 13.2 Å². The standard InChI is InChI=1S/C14H11BrN2O6S/c1-8-2-4-10(5-3-8)24(22,23)16-13-11(15)6-9(14(18)19)7-12(13)17(20)21/h2-7,16H,1H3,(H,18,19). The lowest BCUT2D eigenvalue weighted by Crippen LogP contribution is -2.15. The van der Waals surface area contributed by atoms with E-state index in [0.29, 0.717) is 0 Å². The lowest BCUT2D eigenvalue weighted by Gasteiger charge is -2.11. The van der Waals surface area contributed by atoms with E-state index in [9.17, 15) is 23.3 Å². The summed E-state index contributed by atoms with van der Waals surface area (Å²) in [6.07, 6.45) is 0. The SMILES string of the molecule is Cc1ccc(S(=O)(=O)Nc2c(Br)cc(C(=O)O)cc2[N+](=O)[O-])cc1. The van der Waals surface area contributed by atoms with E-state index in [1.165, 1.54) is 12.1 Å². The summed E-state index contributed by atoms with van der Waals surface area (Å²) >= 11 is 2.98. The molecule has 0 amide bonds. The van der Waals surface area contributed by atoms with E-state index < -0.39 is 26.6 Å². The first kappa shape index (κ1) is 17.9. The summed E-state index contributed by atoms with van der Waals surface area (Å²) in [5, 5.41) is 20.1. The van der Waals surface area contributed by atoms with Gasteiger partial charge >= 0.3 is 5.97 Å². The number of benzene rings is 2. The molecule has 0 aliphatic heterocycles. The minimum atomic E-state index is -4.07. The molecule has 0 aliphatic rings. The van der Waals surface area contributed by atoms with Gasteiger partial charge < -0.3 is 5.11 Å². The van der Waals surface area contributed by atoms with Crippen LogP contribution in [0.1, 0.15) is 15.9 Å². The van der Waals surface area contributed by atoms with Gasteiger partial charge in [0.2, 0.25) is 0 Å². The van der Waals surface area contributed by atoms with Gasteiger partial charge in [-0.2, -0.15) is 0 Å². The lowest BCUT2D eigenvalue weighted by molar-refractivity contribution is -0.384. The highest BCUT2D eigenvalue weighted by Crippen LogP contribution is 2.35. The third kappa shape index (κ3) is 3.71. The summed E-state index contributed by atoms with van der Waals surface area (Å²) in [7, 11) is -4.07. The van der Waals surface area contributed by atoms with Crippen molar-refractivity contribution in [2.45, 2.75) is 11.8 Å². The molecule has 126 valence electrons. The number of carbonyl (C=O) groups is 1. The molecule has 2 aromatic rings. The fourth-order valence-electron chi connectivity index (χ4n) is 1.87. The van der Waals surface area contributed by atoms with Crippen LogP contribution in [0.5, 0.6) is 0 Å². The number of aromatic carboxylic acids is 1. The van der Waals surface area contributed by atoms with Gasteiger partial charge in [0.1, 0.15) is 5.69 Å². The summed E-state index contributed by atoms with van der Waals surface area (Å²) in [6.45, 7) is 1.79. The molecule has 2 rings (SSSR count). The highest BCUT2D eigenvalue weighted by Gasteiger charge is 2.25. The number of nitro groups is 1. The summed E-state index contributed by atoms with van der Waals surface area (Å²) < 4.78 is 26.9. The van der Waals surface area contributed by atoms with Crippen molar-refractivity contribution >= 4 is 43.3 Å². The number of rotatable bonds is 5. The van der Waals surface area contributed by atoms with Crippen LogP contribution in [0.2, 0.25) is 0 Å². The molecule has 0 atom stereocenters. The number of nitrogens with zero attached hydrogens (tertiary/aromatic N) is 1. The Hall–Kier alpha value is -2.46. The number of carboxylic acids is 1. The molecule has 0 saturated carbocycles. The number of anilines is 1. The van der Waals surface area contributed by atoms with Crippen LogP contribution in [-0.4, -0.2) is 24.4 Å². The van der Waals surface area contributed by atoms with E-state index in [1.807, 2.05) is 0 Å². The highest BCUT2D eigenvalue weighted by atomic mass is 79.9. The van der Waals surface area contributed by atoms with Crippen LogP contribution in [0.3, 0.4) is 0 Å². The fraction of sp³-hybridized carbons (Fsp3) is 0.0714. The van der Waals surface area contributed by atoms with Gasteiger partial charge in [0.25, 0.3) is 15.7 Å². The number of hydrogen-bond acceptors (Lipinski definition) is 5. The smallest absolute Gasteiger partial charge is 0.335 e. The Morgan fingerprint density at radius 1 is 1.25 bits per heavy atom. The monoisotopic (exact) mass is 414 g/mol. The number of hydrogen-bond donors (Lipinski definition) is 2. The minimum Gasteiger partial charge on any atom is -0.478 e. The second-order valence-corrected chi connectivity index (χ2v) is 7.37. The van der Waals surface area contributed by atoms with Gasteiger partial charge in [-0.3, -0.25) is 14.8 Å². The Balaban J connectivity index is 2.54. The maximum atomic E-state index is 12.4. The van der Waals surface area contributed by atoms with Crippen molar-refractivity contribution in [2.75, 3.05) is 4.72 Å². The van der Waals surface area contributed by atoms with Crippen LogP contribution in [0.25, 0.3) is 0 Å². The second kappa shape index (κ2) is 6.57. The maximum Gasteiger partial charge on any atom is 0.335 e. The van der Waals surface area contributed by atoms with Gasteiger partial charge in [0.05, 0.1) is 15.4 Å². The quantitative estimate of drug-likeness (QED) is 0.571. The van der Waals surface area contributed by atoms with Crippen molar-refractivity contribution in [1.29, 1.82) is 0 Å². The number of nitro benzene ring substituents is 1. The number of aryl methyl sites for hydroxylation is 1. The molecular formula is C14H11BrN2O6S. The molecule has 0 spiro atoms. The zero-order chi connectivity index (χ0) is 18.1. The average molecular weight is 415 g/mol. The molecule has 0 aliphatic carbocycles. The summed E-state index contributed by atoms with van der Waals surface area (Å²) in [5.74, 6) is -1.37. The zero-order valence-corrected chi connectivity index (χ0v) is 14.6. The van der Waals surface area contributed by atoms with E-state index in [2.05, 4.69) is 20.7 Å². The highest BCUT2D eigenvalue weighted by molar-refractivity contribution is 9.10. The molecule has 0 aromatic heterocycles. The van der Waals surface area contributed by atoms with Crippen LogP contribution in [0, 0.1) is 17.0 Å². The van der Waals surface area contributed by atoms with Crippen LogP contribution < -0.4 is 4.72 Å². The molecule has 0 unspecified atom stereocenters. The molecular weight excluding hydrogens is 404 g/mol. The normalized spacial score (nSPS) is 11.1. The summed E-state index contributed by atoms with van der Waals surface area (Å²) in [5.41, 5.74) is -0.498. The van der Waals surface area contributed by atoms with Gasteiger partial charge in [-0.1, -0.05) is 17.7 Å². The Labute approximate surface area is 145 Å². The first-order valence-corrected chi connectivity index (χ1v) is 8.70. The molecule has 0 saturated heterocycles. The van der Waals surface area contributed by atoms with Gasteiger partial charge in [-0.05, 0) is 41.1 Å². The van der Waals surface area contributed by atoms with E-state index >= 15 is 0 Å². The Kier molecular flexibility index (Phi) is 4.90. The van der Waals surface area contributed by atoms with Crippen LogP contribution in [0.4, 0.5) is 11.4 Å². The third-order valence-electron chi connectivity index (χ3n) is 3.08. The predicted octanol–water partition coefficient (Wildman–Crippen LogP) is 3.16. The zero-order valence-electron chi connectivity index (χ0n) is 12.2. The number of halogens is 1. The largest absolute Gasteiger partial charge is 0.478 e. The Bertz CT molecular complexity index is 925. The maximum absolute atomic E-state index is 12.4. The third-order valence-corrected chi connectivity index (χ3v) is 5.07. The van der Waals surface area contributed by atoms with E-state index in [4.69, 9.17) is 5.11 Å². The van der Waals surface area contributed by atoms with Crippen molar-refractivity contribution in [2.24, 2.45) is 0 Å². The molecule has 24 heavy (non-hydrogen) atoms. The van der Waals surface area contributed by atoms with Gasteiger partial charge in [0, 0.05) is 10.5 Å². The van der Waals surface area contributed by atoms with Gasteiger partial charge in [-0.15, -0.1) is 0 Å². The molecule has 8 nitrogen and oxygen atoms in total. The van der Waals surface area contributed by atoms with Crippen LogP contribution in [-0.2, 0) is 10.0 Å². The molecule has 2 N–H and O–H groups in total. The van der Waals surface area contributed by atoms with Crippen molar-refractivity contribution in [3.63, 3.8) is 0 Å². The Morgan fingerprint density at radius 2 is 1.83 bits per heavy atom. The molecule has 10 heteroatoms. The second-order valence-electron chi connectivity index (χ2n) is 4.83. The summed E-state index contributed by atoms with van der Waals surface area (Å²) in [4.78, 5) is 21.2. The van der Waals surface area contributed by atoms with Crippen LogP contribution in [0.15, 0.2) is 45.8 Å². The molecule has 0 fully saturated rings. The summed E-state index contributed by atoms with van der Waals surface area (Å²) in [6, 6.07) is 7.78. The topological polar surface area (TPSA) is 127 Å². The first-order valence-electron chi connectivity index (χ1n) is 6.42. The van der Waals surface area contributed by atoms with Crippen molar-refractivity contribution in [3.8, 4) is 0 Å². The first-order chi connectivity index (χ1) is 11.1. The molecule has 0 bridgehead atoms. The van der Waals surface area contributed by atoms with E-state index in [1.54, 1.807) is 19.1 Å². The minimum absolute atomic E-state index is 0.0511. The predicted molar refractivity (Wildman–Crippen MR) is 89.7 cm³/mol. The van der Waals surface area contributed by atoms with E-state index in [-0.39, 0.29) is 20.6 Å². The average Bonchev–Trinajstić information content (AvgIpc) is 2.48. The van der Waals surface area contributed by atoms with E-state index in [0.717, 1.165) is 17.7 Å².